The summed E-state index contributed by atoms with van der Waals surface area (Å²) < 4.78 is 26.7. The van der Waals surface area contributed by atoms with E-state index in [1.807, 2.05) is 13.0 Å². The van der Waals surface area contributed by atoms with Crippen LogP contribution in [-0.4, -0.2) is 31.9 Å². The second-order valence-electron chi connectivity index (χ2n) is 5.26. The van der Waals surface area contributed by atoms with Crippen LogP contribution in [0.15, 0.2) is 29.2 Å². The molecular weight excluding hydrogens is 274 g/mol. The first-order valence-electron chi connectivity index (χ1n) is 6.71. The van der Waals surface area contributed by atoms with Gasteiger partial charge in [-0.05, 0) is 43.9 Å². The minimum Gasteiger partial charge on any atom is -0.328 e. The lowest BCUT2D eigenvalue weighted by atomic mass is 9.93. The Labute approximate surface area is 120 Å². The van der Waals surface area contributed by atoms with E-state index in [0.717, 1.165) is 12.8 Å². The molecule has 1 aliphatic rings. The molecule has 0 saturated carbocycles. The molecule has 1 saturated heterocycles. The highest BCUT2D eigenvalue weighted by Gasteiger charge is 2.31. The zero-order valence-corrected chi connectivity index (χ0v) is 12.3. The Hall–Kier alpha value is -1.42. The van der Waals surface area contributed by atoms with Gasteiger partial charge in [0.15, 0.2) is 0 Å². The van der Waals surface area contributed by atoms with E-state index < -0.39 is 10.0 Å². The summed E-state index contributed by atoms with van der Waals surface area (Å²) in [6.07, 6.45) is 1.78. The van der Waals surface area contributed by atoms with Gasteiger partial charge in [0, 0.05) is 19.1 Å². The van der Waals surface area contributed by atoms with E-state index in [2.05, 4.69) is 0 Å². The lowest BCUT2D eigenvalue weighted by Crippen LogP contribution is -2.44. The fraction of sp³-hybridized carbons (Fsp3) is 0.500. The van der Waals surface area contributed by atoms with Crippen molar-refractivity contribution in [2.75, 3.05) is 13.1 Å². The summed E-state index contributed by atoms with van der Waals surface area (Å²) in [4.78, 5) is 0.182. The molecule has 0 radical (unpaired) electrons. The summed E-state index contributed by atoms with van der Waals surface area (Å²) in [5, 5.41) is 8.88. The second-order valence-corrected chi connectivity index (χ2v) is 7.20. The van der Waals surface area contributed by atoms with Crippen LogP contribution in [0.3, 0.4) is 0 Å². The molecule has 0 bridgehead atoms. The molecule has 1 aromatic rings. The molecule has 2 rings (SSSR count). The van der Waals surface area contributed by atoms with E-state index in [9.17, 15) is 8.42 Å². The van der Waals surface area contributed by atoms with E-state index >= 15 is 0 Å². The molecule has 2 atom stereocenters. The Morgan fingerprint density at radius 1 is 1.50 bits per heavy atom. The highest BCUT2D eigenvalue weighted by molar-refractivity contribution is 7.89. The van der Waals surface area contributed by atoms with E-state index in [1.54, 1.807) is 12.1 Å². The molecule has 1 aromatic carbocycles. The standard InChI is InChI=1S/C14H19N3O2S/c1-11(16)13-5-3-7-17(10-13)20(18,19)14-6-2-4-12(8-14)9-15/h2,4,6,8,11,13H,3,5,7,10,16H2,1H3. The molecule has 2 N–H and O–H groups in total. The average Bonchev–Trinajstić information content (AvgIpc) is 2.47. The van der Waals surface area contributed by atoms with Gasteiger partial charge in [0.25, 0.3) is 0 Å². The molecule has 0 spiro atoms. The zero-order chi connectivity index (χ0) is 14.8. The Morgan fingerprint density at radius 2 is 2.25 bits per heavy atom. The van der Waals surface area contributed by atoms with Crippen molar-refractivity contribution < 1.29 is 8.42 Å². The number of piperidine rings is 1. The normalized spacial score (nSPS) is 22.1. The second kappa shape index (κ2) is 5.92. The van der Waals surface area contributed by atoms with Crippen molar-refractivity contribution in [2.24, 2.45) is 11.7 Å². The van der Waals surface area contributed by atoms with E-state index in [1.165, 1.54) is 16.4 Å². The van der Waals surface area contributed by atoms with Crippen LogP contribution in [-0.2, 0) is 10.0 Å². The third-order valence-electron chi connectivity index (χ3n) is 3.77. The minimum atomic E-state index is -3.53. The molecule has 6 heteroatoms. The third-order valence-corrected chi connectivity index (χ3v) is 5.63. The number of nitriles is 1. The van der Waals surface area contributed by atoms with Crippen molar-refractivity contribution in [1.82, 2.24) is 4.31 Å². The molecule has 1 fully saturated rings. The van der Waals surface area contributed by atoms with Gasteiger partial charge < -0.3 is 5.73 Å². The molecular formula is C14H19N3O2S. The first-order chi connectivity index (χ1) is 9.45. The largest absolute Gasteiger partial charge is 0.328 e. The van der Waals surface area contributed by atoms with Gasteiger partial charge in [-0.15, -0.1) is 0 Å². The Balaban J connectivity index is 2.28. The van der Waals surface area contributed by atoms with Crippen molar-refractivity contribution in [3.63, 3.8) is 0 Å². The number of nitrogens with two attached hydrogens (primary N) is 1. The lowest BCUT2D eigenvalue weighted by molar-refractivity contribution is 0.243. The monoisotopic (exact) mass is 293 g/mol. The van der Waals surface area contributed by atoms with E-state index in [0.29, 0.717) is 18.7 Å². The molecule has 108 valence electrons. The minimum absolute atomic E-state index is 0.0153. The Morgan fingerprint density at radius 3 is 2.90 bits per heavy atom. The van der Waals surface area contributed by atoms with Crippen LogP contribution >= 0.6 is 0 Å². The molecule has 1 aliphatic heterocycles. The van der Waals surface area contributed by atoms with Crippen LogP contribution in [0, 0.1) is 17.2 Å². The topological polar surface area (TPSA) is 87.2 Å². The molecule has 1 heterocycles. The molecule has 0 aromatic heterocycles. The Kier molecular flexibility index (Phi) is 4.43. The first-order valence-corrected chi connectivity index (χ1v) is 8.15. The van der Waals surface area contributed by atoms with E-state index in [4.69, 9.17) is 11.0 Å². The summed E-state index contributed by atoms with van der Waals surface area (Å²) in [5.74, 6) is 0.192. The van der Waals surface area contributed by atoms with Gasteiger partial charge >= 0.3 is 0 Å². The number of benzene rings is 1. The quantitative estimate of drug-likeness (QED) is 0.910. The van der Waals surface area contributed by atoms with Gasteiger partial charge in [-0.1, -0.05) is 6.07 Å². The average molecular weight is 293 g/mol. The lowest BCUT2D eigenvalue weighted by Gasteiger charge is -2.33. The van der Waals surface area contributed by atoms with Crippen molar-refractivity contribution in [1.29, 1.82) is 5.26 Å². The van der Waals surface area contributed by atoms with Gasteiger partial charge in [-0.3, -0.25) is 0 Å². The molecule has 0 amide bonds. The maximum absolute atomic E-state index is 12.6. The zero-order valence-electron chi connectivity index (χ0n) is 11.5. The number of sulfonamides is 1. The van der Waals surface area contributed by atoms with Gasteiger partial charge in [0.05, 0.1) is 16.5 Å². The van der Waals surface area contributed by atoms with Crippen LogP contribution in [0.25, 0.3) is 0 Å². The summed E-state index contributed by atoms with van der Waals surface area (Å²) in [6.45, 7) is 2.89. The molecule has 20 heavy (non-hydrogen) atoms. The predicted molar refractivity (Wildman–Crippen MR) is 76.3 cm³/mol. The fourth-order valence-electron chi connectivity index (χ4n) is 2.50. The SMILES string of the molecule is CC(N)C1CCCN(S(=O)(=O)c2cccc(C#N)c2)C1. The van der Waals surface area contributed by atoms with Gasteiger partial charge in [-0.2, -0.15) is 9.57 Å². The van der Waals surface area contributed by atoms with Gasteiger partial charge in [0.1, 0.15) is 0 Å². The summed E-state index contributed by atoms with van der Waals surface area (Å²) in [5.41, 5.74) is 6.25. The van der Waals surface area contributed by atoms with Gasteiger partial charge in [-0.25, -0.2) is 8.42 Å². The maximum Gasteiger partial charge on any atom is 0.243 e. The highest BCUT2D eigenvalue weighted by Crippen LogP contribution is 2.25. The van der Waals surface area contributed by atoms with Crippen LogP contribution < -0.4 is 5.73 Å². The van der Waals surface area contributed by atoms with Crippen LogP contribution in [0.1, 0.15) is 25.3 Å². The van der Waals surface area contributed by atoms with Crippen molar-refractivity contribution >= 4 is 10.0 Å². The van der Waals surface area contributed by atoms with Crippen molar-refractivity contribution in [3.05, 3.63) is 29.8 Å². The van der Waals surface area contributed by atoms with Crippen LogP contribution in [0.4, 0.5) is 0 Å². The molecule has 5 nitrogen and oxygen atoms in total. The van der Waals surface area contributed by atoms with Crippen molar-refractivity contribution in [3.8, 4) is 6.07 Å². The number of hydrogen-bond donors (Lipinski definition) is 1. The predicted octanol–water partition coefficient (Wildman–Crippen LogP) is 1.31. The highest BCUT2D eigenvalue weighted by atomic mass is 32.2. The fourth-order valence-corrected chi connectivity index (χ4v) is 4.08. The molecule has 2 unspecified atom stereocenters. The number of hydrogen-bond acceptors (Lipinski definition) is 4. The van der Waals surface area contributed by atoms with E-state index in [-0.39, 0.29) is 16.9 Å². The van der Waals surface area contributed by atoms with Gasteiger partial charge in [0.2, 0.25) is 10.0 Å². The number of nitrogens with zero attached hydrogens (tertiary/aromatic N) is 2. The van der Waals surface area contributed by atoms with Crippen molar-refractivity contribution in [2.45, 2.75) is 30.7 Å². The Bertz CT molecular complexity index is 620. The number of rotatable bonds is 3. The van der Waals surface area contributed by atoms with Crippen LogP contribution in [0.5, 0.6) is 0 Å². The third kappa shape index (κ3) is 3.01. The summed E-state index contributed by atoms with van der Waals surface area (Å²) in [6, 6.07) is 8.10. The summed E-state index contributed by atoms with van der Waals surface area (Å²) >= 11 is 0. The van der Waals surface area contributed by atoms with Crippen LogP contribution in [0.2, 0.25) is 0 Å². The first kappa shape index (κ1) is 15.0. The summed E-state index contributed by atoms with van der Waals surface area (Å²) in [7, 11) is -3.53. The maximum atomic E-state index is 12.6. The smallest absolute Gasteiger partial charge is 0.243 e. The molecule has 0 aliphatic carbocycles.